The second-order valence-corrected chi connectivity index (χ2v) is 21.1. The third-order valence-electron chi connectivity index (χ3n) is 11.2. The van der Waals surface area contributed by atoms with E-state index in [0.29, 0.717) is 57.1 Å². The summed E-state index contributed by atoms with van der Waals surface area (Å²) in [5, 5.41) is 15.5. The van der Waals surface area contributed by atoms with Crippen LogP contribution in [0.1, 0.15) is 48.5 Å². The maximum atomic E-state index is 13.4. The minimum Gasteiger partial charge on any atom is -0.494 e. The van der Waals surface area contributed by atoms with Crippen molar-refractivity contribution in [2.45, 2.75) is 62.5 Å². The number of sulfone groups is 2. The molecule has 376 valence electrons. The molecule has 0 bridgehead atoms. The summed E-state index contributed by atoms with van der Waals surface area (Å²) >= 11 is 0. The van der Waals surface area contributed by atoms with E-state index in [-0.39, 0.29) is 36.1 Å². The number of benzene rings is 2. The van der Waals surface area contributed by atoms with E-state index in [1.807, 2.05) is 26.0 Å². The summed E-state index contributed by atoms with van der Waals surface area (Å²) in [6, 6.07) is 17.7. The number of hydrogen-bond donors (Lipinski definition) is 0. The van der Waals surface area contributed by atoms with E-state index in [9.17, 15) is 25.6 Å². The molecule has 6 aromatic heterocycles. The first-order valence-electron chi connectivity index (χ1n) is 22.0. The van der Waals surface area contributed by atoms with Gasteiger partial charge in [0.1, 0.15) is 57.5 Å². The Kier molecular flexibility index (Phi) is 16.2. The number of ether oxygens (including phenoxy) is 4. The molecule has 0 N–H and O–H groups in total. The van der Waals surface area contributed by atoms with E-state index in [2.05, 4.69) is 50.3 Å². The first-order valence-corrected chi connectivity index (χ1v) is 25.4. The van der Waals surface area contributed by atoms with Gasteiger partial charge in [0, 0.05) is 47.8 Å². The molecule has 8 rings (SSSR count). The fraction of sp³-hybridized carbons (Fsp3) is 0.292. The molecule has 2 atom stereocenters. The molecule has 0 saturated heterocycles. The molecule has 0 fully saturated rings. The van der Waals surface area contributed by atoms with E-state index >= 15 is 0 Å². The summed E-state index contributed by atoms with van der Waals surface area (Å²) in [5.41, 5.74) is 3.85. The number of aromatic nitrogens is 12. The van der Waals surface area contributed by atoms with Gasteiger partial charge in [0.2, 0.25) is 0 Å². The van der Waals surface area contributed by atoms with Crippen molar-refractivity contribution < 1.29 is 44.6 Å². The average molecular weight is 1030 g/mol. The van der Waals surface area contributed by atoms with Gasteiger partial charge in [0.15, 0.2) is 54.6 Å². The van der Waals surface area contributed by atoms with Gasteiger partial charge in [-0.1, -0.05) is 12.1 Å². The molecule has 0 amide bonds. The van der Waals surface area contributed by atoms with Crippen molar-refractivity contribution in [2.24, 2.45) is 0 Å². The van der Waals surface area contributed by atoms with Gasteiger partial charge in [-0.15, -0.1) is 20.4 Å². The molecule has 0 spiro atoms. The number of aryl methyl sites for hydroxylation is 2. The van der Waals surface area contributed by atoms with Crippen LogP contribution < -0.4 is 18.9 Å². The van der Waals surface area contributed by atoms with Crippen LogP contribution in [0.2, 0.25) is 0 Å². The van der Waals surface area contributed by atoms with Gasteiger partial charge in [-0.25, -0.2) is 45.6 Å². The van der Waals surface area contributed by atoms with Crippen molar-refractivity contribution in [3.63, 3.8) is 0 Å². The number of halogens is 2. The standard InChI is InChI=1S/2C24H25FN6O4S/c2*1-15-10-17(8-9-26-15)24-30-29-22(31(24)23-19(34-3)6-5-7-20(23)35-4)14-36(32,33)16(2)11-21-27-12-18(25)13-28-21/h2*5-10,12-13,16H,11,14H2,1-4H3/t2*16-/m10/s1. The zero-order valence-electron chi connectivity index (χ0n) is 40.4. The maximum Gasteiger partial charge on any atom is 0.168 e. The summed E-state index contributed by atoms with van der Waals surface area (Å²) in [5.74, 6) is 1.40. The lowest BCUT2D eigenvalue weighted by Gasteiger charge is -2.18. The fourth-order valence-electron chi connectivity index (χ4n) is 7.44. The van der Waals surface area contributed by atoms with Crippen molar-refractivity contribution in [1.82, 2.24) is 59.4 Å². The highest BCUT2D eigenvalue weighted by atomic mass is 32.2. The zero-order valence-corrected chi connectivity index (χ0v) is 42.1. The highest BCUT2D eigenvalue weighted by Crippen LogP contribution is 2.38. The largest absolute Gasteiger partial charge is 0.494 e. The van der Waals surface area contributed by atoms with E-state index in [0.717, 1.165) is 36.2 Å². The lowest BCUT2D eigenvalue weighted by Crippen LogP contribution is -2.24. The third kappa shape index (κ3) is 11.8. The van der Waals surface area contributed by atoms with Gasteiger partial charge < -0.3 is 18.9 Å². The molecule has 0 unspecified atom stereocenters. The molecule has 24 heteroatoms. The Morgan fingerprint density at radius 1 is 0.514 bits per heavy atom. The van der Waals surface area contributed by atoms with E-state index in [4.69, 9.17) is 18.9 Å². The Balaban J connectivity index is 0.000000211. The van der Waals surface area contributed by atoms with E-state index in [1.165, 1.54) is 28.4 Å². The average Bonchev–Trinajstić information content (AvgIpc) is 3.97. The summed E-state index contributed by atoms with van der Waals surface area (Å²) < 4.78 is 105. The van der Waals surface area contributed by atoms with Crippen LogP contribution in [0.15, 0.2) is 97.8 Å². The predicted octanol–water partition coefficient (Wildman–Crippen LogP) is 6.26. The Morgan fingerprint density at radius 3 is 1.15 bits per heavy atom. The number of para-hydroxylation sites is 2. The van der Waals surface area contributed by atoms with Crippen molar-refractivity contribution in [2.75, 3.05) is 28.4 Å². The second-order valence-electron chi connectivity index (χ2n) is 16.2. The quantitative estimate of drug-likeness (QED) is 0.0920. The fourth-order valence-corrected chi connectivity index (χ4v) is 9.91. The maximum absolute atomic E-state index is 13.4. The minimum absolute atomic E-state index is 0.0190. The molecule has 2 aromatic carbocycles. The Hall–Kier alpha value is -7.86. The van der Waals surface area contributed by atoms with Crippen LogP contribution in [-0.2, 0) is 44.0 Å². The topological polar surface area (TPSA) is 244 Å². The highest BCUT2D eigenvalue weighted by molar-refractivity contribution is 7.91. The molecule has 6 heterocycles. The highest BCUT2D eigenvalue weighted by Gasteiger charge is 2.31. The SMILES string of the molecule is COc1cccc(OC)c1-n1c(CS(=O)(=O)[C@@H](C)Cc2ncc(F)cn2)nnc1-c1ccnc(C)c1.COc1cccc(OC)c1-n1c(CS(=O)(=O)[C@H](C)Cc2ncc(F)cn2)nnc1-c1ccnc(C)c1. The van der Waals surface area contributed by atoms with Gasteiger partial charge >= 0.3 is 0 Å². The molecule has 72 heavy (non-hydrogen) atoms. The van der Waals surface area contributed by atoms with Crippen LogP contribution in [0.3, 0.4) is 0 Å². The van der Waals surface area contributed by atoms with Crippen molar-refractivity contribution in [1.29, 1.82) is 0 Å². The van der Waals surface area contributed by atoms with E-state index in [1.54, 1.807) is 83.9 Å². The second kappa shape index (κ2) is 22.5. The molecular formula is C48H50F2N12O8S2. The normalized spacial score (nSPS) is 12.4. The van der Waals surface area contributed by atoms with Gasteiger partial charge in [-0.3, -0.25) is 19.1 Å². The zero-order chi connectivity index (χ0) is 51.7. The third-order valence-corrected chi connectivity index (χ3v) is 15.3. The smallest absolute Gasteiger partial charge is 0.168 e. The minimum atomic E-state index is -3.76. The molecule has 0 saturated carbocycles. The summed E-state index contributed by atoms with van der Waals surface area (Å²) in [6.07, 6.45) is 7.36. The summed E-state index contributed by atoms with van der Waals surface area (Å²) in [6.45, 7) is 6.80. The summed E-state index contributed by atoms with van der Waals surface area (Å²) in [4.78, 5) is 24.0. The molecule has 0 aliphatic heterocycles. The molecule has 0 aliphatic carbocycles. The Morgan fingerprint density at radius 2 is 0.847 bits per heavy atom. The Bertz CT molecular complexity index is 3130. The molecular weight excluding hydrogens is 975 g/mol. The van der Waals surface area contributed by atoms with Crippen LogP contribution in [0, 0.1) is 25.5 Å². The molecule has 0 radical (unpaired) electrons. The molecule has 20 nitrogen and oxygen atoms in total. The Labute approximate surface area is 414 Å². The van der Waals surface area contributed by atoms with E-state index < -0.39 is 53.3 Å². The molecule has 8 aromatic rings. The van der Waals surface area contributed by atoms with Gasteiger partial charge in [0.05, 0.1) is 63.7 Å². The van der Waals surface area contributed by atoms with Crippen LogP contribution in [0.4, 0.5) is 8.78 Å². The predicted molar refractivity (Wildman–Crippen MR) is 260 cm³/mol. The summed E-state index contributed by atoms with van der Waals surface area (Å²) in [7, 11) is -1.46. The van der Waals surface area contributed by atoms with Gasteiger partial charge in [-0.2, -0.15) is 0 Å². The molecule has 0 aliphatic rings. The number of pyridine rings is 2. The monoisotopic (exact) mass is 1020 g/mol. The van der Waals surface area contributed by atoms with Crippen LogP contribution >= 0.6 is 0 Å². The number of methoxy groups -OCH3 is 4. The number of rotatable bonds is 18. The number of nitrogens with zero attached hydrogens (tertiary/aromatic N) is 12. The van der Waals surface area contributed by atoms with Crippen LogP contribution in [-0.4, -0.2) is 115 Å². The number of hydrogen-bond acceptors (Lipinski definition) is 18. The lowest BCUT2D eigenvalue weighted by atomic mass is 10.2. The van der Waals surface area contributed by atoms with Crippen molar-refractivity contribution in [3.05, 3.63) is 144 Å². The van der Waals surface area contributed by atoms with Crippen molar-refractivity contribution >= 4 is 19.7 Å². The van der Waals surface area contributed by atoms with Crippen LogP contribution in [0.5, 0.6) is 23.0 Å². The van der Waals surface area contributed by atoms with Crippen molar-refractivity contribution in [3.8, 4) is 57.1 Å². The first-order chi connectivity index (χ1) is 34.5. The van der Waals surface area contributed by atoms with Gasteiger partial charge in [0.25, 0.3) is 0 Å². The lowest BCUT2D eigenvalue weighted by molar-refractivity contribution is 0.390. The van der Waals surface area contributed by atoms with Gasteiger partial charge in [-0.05, 0) is 76.2 Å². The van der Waals surface area contributed by atoms with Crippen LogP contribution in [0.25, 0.3) is 34.2 Å². The first kappa shape index (κ1) is 52.0.